The van der Waals surface area contributed by atoms with Crippen LogP contribution in [-0.4, -0.2) is 29.4 Å². The molecule has 0 atom stereocenters. The molecule has 5 heteroatoms. The highest BCUT2D eigenvalue weighted by Gasteiger charge is 2.04. The highest BCUT2D eigenvalue weighted by Crippen LogP contribution is 2.16. The van der Waals surface area contributed by atoms with Crippen LogP contribution in [0.5, 0.6) is 11.5 Å². The van der Waals surface area contributed by atoms with Crippen molar-refractivity contribution < 1.29 is 19.4 Å². The van der Waals surface area contributed by atoms with Crippen molar-refractivity contribution in [3.63, 3.8) is 0 Å². The van der Waals surface area contributed by atoms with Crippen LogP contribution >= 0.6 is 0 Å². The van der Waals surface area contributed by atoms with Crippen molar-refractivity contribution >= 4 is 5.97 Å². The fraction of sp³-hybridized carbons (Fsp3) is 0.214. The molecule has 5 nitrogen and oxygen atoms in total. The molecule has 1 heterocycles. The summed E-state index contributed by atoms with van der Waals surface area (Å²) in [5.41, 5.74) is 0.282. The number of nitrogens with zero attached hydrogens (tertiary/aromatic N) is 1. The lowest BCUT2D eigenvalue weighted by Gasteiger charge is -2.07. The van der Waals surface area contributed by atoms with Gasteiger partial charge < -0.3 is 19.1 Å². The zero-order valence-corrected chi connectivity index (χ0v) is 10.6. The Balaban J connectivity index is 1.83. The number of methoxy groups -OCH3 is 1. The van der Waals surface area contributed by atoms with E-state index in [1.807, 2.05) is 24.3 Å². The van der Waals surface area contributed by atoms with Crippen molar-refractivity contribution in [2.45, 2.75) is 6.54 Å². The van der Waals surface area contributed by atoms with Gasteiger partial charge in [-0.2, -0.15) is 0 Å². The molecule has 0 saturated heterocycles. The third-order valence-corrected chi connectivity index (χ3v) is 2.68. The molecule has 0 unspecified atom stereocenters. The Hall–Kier alpha value is -2.43. The molecule has 0 aliphatic heterocycles. The minimum atomic E-state index is -0.921. The molecule has 1 aromatic heterocycles. The van der Waals surface area contributed by atoms with Gasteiger partial charge in [0.05, 0.1) is 19.2 Å². The van der Waals surface area contributed by atoms with Gasteiger partial charge in [0.1, 0.15) is 18.1 Å². The zero-order chi connectivity index (χ0) is 13.7. The van der Waals surface area contributed by atoms with Gasteiger partial charge in [-0.05, 0) is 30.3 Å². The molecule has 19 heavy (non-hydrogen) atoms. The summed E-state index contributed by atoms with van der Waals surface area (Å²) in [6, 6.07) is 8.88. The number of carbonyl (C=O) groups is 1. The topological polar surface area (TPSA) is 60.7 Å². The van der Waals surface area contributed by atoms with Gasteiger partial charge in [-0.15, -0.1) is 0 Å². The average Bonchev–Trinajstić information content (AvgIpc) is 2.89. The molecule has 0 bridgehead atoms. The number of aromatic nitrogens is 1. The van der Waals surface area contributed by atoms with Crippen molar-refractivity contribution in [2.24, 2.45) is 0 Å². The van der Waals surface area contributed by atoms with E-state index in [4.69, 9.17) is 14.6 Å². The lowest BCUT2D eigenvalue weighted by molar-refractivity contribution is 0.0696. The molecular weight excluding hydrogens is 246 g/mol. The smallest absolute Gasteiger partial charge is 0.337 e. The molecule has 0 aliphatic rings. The lowest BCUT2D eigenvalue weighted by atomic mass is 10.3. The fourth-order valence-corrected chi connectivity index (χ4v) is 1.65. The van der Waals surface area contributed by atoms with Crippen molar-refractivity contribution in [1.29, 1.82) is 0 Å². The van der Waals surface area contributed by atoms with Crippen LogP contribution in [0.15, 0.2) is 42.7 Å². The molecule has 2 rings (SSSR count). The van der Waals surface area contributed by atoms with E-state index in [0.717, 1.165) is 11.5 Å². The minimum absolute atomic E-state index is 0.282. The summed E-state index contributed by atoms with van der Waals surface area (Å²) in [5, 5.41) is 8.79. The van der Waals surface area contributed by atoms with E-state index >= 15 is 0 Å². The highest BCUT2D eigenvalue weighted by molar-refractivity contribution is 5.87. The number of aromatic carboxylic acids is 1. The van der Waals surface area contributed by atoms with Crippen LogP contribution in [0.25, 0.3) is 0 Å². The van der Waals surface area contributed by atoms with E-state index in [-0.39, 0.29) is 5.56 Å². The third kappa shape index (κ3) is 3.51. The quantitative estimate of drug-likeness (QED) is 0.866. The summed E-state index contributed by atoms with van der Waals surface area (Å²) in [7, 11) is 1.61. The first-order valence-electron chi connectivity index (χ1n) is 5.85. The molecule has 2 aromatic rings. The number of ether oxygens (including phenoxy) is 2. The van der Waals surface area contributed by atoms with Crippen molar-refractivity contribution in [2.75, 3.05) is 13.7 Å². The van der Waals surface area contributed by atoms with Crippen molar-refractivity contribution in [3.05, 3.63) is 48.3 Å². The third-order valence-electron chi connectivity index (χ3n) is 2.68. The van der Waals surface area contributed by atoms with Crippen LogP contribution in [0.2, 0.25) is 0 Å². The molecule has 0 fully saturated rings. The predicted molar refractivity (Wildman–Crippen MR) is 69.9 cm³/mol. The number of rotatable bonds is 6. The molecular formula is C14H15NO4. The van der Waals surface area contributed by atoms with Gasteiger partial charge in [0.2, 0.25) is 0 Å². The number of carboxylic acids is 1. The van der Waals surface area contributed by atoms with Crippen LogP contribution in [0, 0.1) is 0 Å². The predicted octanol–water partition coefficient (Wildman–Crippen LogP) is 2.27. The van der Waals surface area contributed by atoms with E-state index in [9.17, 15) is 4.79 Å². The first-order valence-corrected chi connectivity index (χ1v) is 5.85. The molecule has 0 aliphatic carbocycles. The van der Waals surface area contributed by atoms with Crippen LogP contribution in [0.3, 0.4) is 0 Å². The maximum atomic E-state index is 10.7. The van der Waals surface area contributed by atoms with Crippen molar-refractivity contribution in [3.8, 4) is 11.5 Å². The van der Waals surface area contributed by atoms with Crippen LogP contribution < -0.4 is 9.47 Å². The second kappa shape index (κ2) is 5.95. The van der Waals surface area contributed by atoms with Crippen LogP contribution in [-0.2, 0) is 6.54 Å². The first kappa shape index (κ1) is 13.0. The maximum Gasteiger partial charge on any atom is 0.337 e. The van der Waals surface area contributed by atoms with Gasteiger partial charge in [-0.25, -0.2) is 4.79 Å². The lowest BCUT2D eigenvalue weighted by Crippen LogP contribution is -2.06. The standard InChI is InChI=1S/C14H15NO4/c1-18-12-2-4-13(5-3-12)19-9-8-15-7-6-11(10-15)14(16)17/h2-7,10H,8-9H2,1H3,(H,16,17). The molecule has 1 aromatic carbocycles. The Kier molecular flexibility index (Phi) is 4.07. The molecule has 0 saturated carbocycles. The van der Waals surface area contributed by atoms with E-state index in [1.54, 1.807) is 30.1 Å². The SMILES string of the molecule is COc1ccc(OCCn2ccc(C(=O)O)c2)cc1. The van der Waals surface area contributed by atoms with E-state index in [1.165, 1.54) is 0 Å². The zero-order valence-electron chi connectivity index (χ0n) is 10.6. The monoisotopic (exact) mass is 261 g/mol. The minimum Gasteiger partial charge on any atom is -0.497 e. The molecule has 100 valence electrons. The van der Waals surface area contributed by atoms with Gasteiger partial charge in [0.25, 0.3) is 0 Å². The second-order valence-corrected chi connectivity index (χ2v) is 3.97. The average molecular weight is 261 g/mol. The first-order chi connectivity index (χ1) is 9.19. The Labute approximate surface area is 111 Å². The van der Waals surface area contributed by atoms with Crippen LogP contribution in [0.4, 0.5) is 0 Å². The second-order valence-electron chi connectivity index (χ2n) is 3.97. The summed E-state index contributed by atoms with van der Waals surface area (Å²) < 4.78 is 12.4. The van der Waals surface area contributed by atoms with E-state index < -0.39 is 5.97 Å². The Bertz CT molecular complexity index is 545. The van der Waals surface area contributed by atoms with Gasteiger partial charge in [0.15, 0.2) is 0 Å². The summed E-state index contributed by atoms with van der Waals surface area (Å²) in [5.74, 6) is 0.616. The summed E-state index contributed by atoms with van der Waals surface area (Å²) in [6.45, 7) is 1.07. The number of hydrogen-bond donors (Lipinski definition) is 1. The van der Waals surface area contributed by atoms with Gasteiger partial charge in [-0.1, -0.05) is 0 Å². The summed E-state index contributed by atoms with van der Waals surface area (Å²) in [4.78, 5) is 10.7. The summed E-state index contributed by atoms with van der Waals surface area (Å²) >= 11 is 0. The van der Waals surface area contributed by atoms with E-state index in [2.05, 4.69) is 0 Å². The Morgan fingerprint density at radius 3 is 2.47 bits per heavy atom. The van der Waals surface area contributed by atoms with Crippen LogP contribution in [0.1, 0.15) is 10.4 Å². The van der Waals surface area contributed by atoms with Gasteiger partial charge >= 0.3 is 5.97 Å². The molecule has 0 amide bonds. The largest absolute Gasteiger partial charge is 0.497 e. The summed E-state index contributed by atoms with van der Waals surface area (Å²) in [6.07, 6.45) is 3.31. The normalized spacial score (nSPS) is 10.2. The molecule has 0 spiro atoms. The number of hydrogen-bond acceptors (Lipinski definition) is 3. The Morgan fingerprint density at radius 2 is 1.89 bits per heavy atom. The van der Waals surface area contributed by atoms with Gasteiger partial charge in [-0.3, -0.25) is 0 Å². The fourth-order valence-electron chi connectivity index (χ4n) is 1.65. The number of carboxylic acid groups (broad SMARTS) is 1. The maximum absolute atomic E-state index is 10.7. The van der Waals surface area contributed by atoms with Crippen molar-refractivity contribution in [1.82, 2.24) is 4.57 Å². The molecule has 1 N–H and O–H groups in total. The van der Waals surface area contributed by atoms with E-state index in [0.29, 0.717) is 13.2 Å². The number of benzene rings is 1. The molecule has 0 radical (unpaired) electrons. The highest BCUT2D eigenvalue weighted by atomic mass is 16.5. The van der Waals surface area contributed by atoms with Gasteiger partial charge in [0, 0.05) is 12.4 Å². The Morgan fingerprint density at radius 1 is 1.21 bits per heavy atom.